The van der Waals surface area contributed by atoms with Gasteiger partial charge in [-0.1, -0.05) is 63.6 Å². The lowest BCUT2D eigenvalue weighted by atomic mass is 10.0. The Balaban J connectivity index is 1.96. The first-order valence-corrected chi connectivity index (χ1v) is 9.07. The number of fused-ring (bicyclic) bond motifs is 1. The zero-order valence-corrected chi connectivity index (χ0v) is 14.8. The highest BCUT2D eigenvalue weighted by Gasteiger charge is 2.19. The van der Waals surface area contributed by atoms with Crippen molar-refractivity contribution in [2.45, 2.75) is 57.9 Å². The van der Waals surface area contributed by atoms with Crippen molar-refractivity contribution in [1.82, 2.24) is 10.3 Å². The van der Waals surface area contributed by atoms with Crippen LogP contribution >= 0.6 is 0 Å². The molecule has 1 aromatic heterocycles. The maximum absolute atomic E-state index is 12.6. The average molecular weight is 341 g/mol. The fraction of sp³-hybridized carbons (Fsp3) is 0.450. The standard InChI is InChI=1S/C20H27N3O2/c1-2-3-4-5-6-7-12-18(19(21)24)23-20(25)16-13-14-22-17-11-9-8-10-15(16)17/h8-11,13-14,18H,2-7,12H2,1H3,(H2,21,24)(H,23,25)/t18-/m1/s1. The molecule has 2 rings (SSSR count). The van der Waals surface area contributed by atoms with Gasteiger partial charge in [0.15, 0.2) is 0 Å². The lowest BCUT2D eigenvalue weighted by molar-refractivity contribution is -0.120. The minimum absolute atomic E-state index is 0.284. The van der Waals surface area contributed by atoms with Gasteiger partial charge in [0.2, 0.25) is 5.91 Å². The number of para-hydroxylation sites is 1. The Hall–Kier alpha value is -2.43. The predicted octanol–water partition coefficient (Wildman–Crippen LogP) is 3.57. The summed E-state index contributed by atoms with van der Waals surface area (Å²) < 4.78 is 0. The largest absolute Gasteiger partial charge is 0.368 e. The molecule has 0 radical (unpaired) electrons. The highest BCUT2D eigenvalue weighted by Crippen LogP contribution is 2.16. The smallest absolute Gasteiger partial charge is 0.252 e. The zero-order chi connectivity index (χ0) is 18.1. The fourth-order valence-corrected chi connectivity index (χ4v) is 2.94. The van der Waals surface area contributed by atoms with Crippen molar-refractivity contribution in [3.63, 3.8) is 0 Å². The molecule has 1 atom stereocenters. The summed E-state index contributed by atoms with van der Waals surface area (Å²) in [5.41, 5.74) is 6.74. The molecule has 2 aromatic rings. The second-order valence-corrected chi connectivity index (χ2v) is 6.36. The van der Waals surface area contributed by atoms with Gasteiger partial charge in [-0.25, -0.2) is 0 Å². The van der Waals surface area contributed by atoms with Crippen molar-refractivity contribution in [2.75, 3.05) is 0 Å². The molecule has 5 heteroatoms. The van der Waals surface area contributed by atoms with Gasteiger partial charge in [-0.2, -0.15) is 0 Å². The van der Waals surface area contributed by atoms with E-state index in [2.05, 4.69) is 17.2 Å². The van der Waals surface area contributed by atoms with Crippen LogP contribution in [-0.4, -0.2) is 22.8 Å². The number of hydrogen-bond acceptors (Lipinski definition) is 3. The summed E-state index contributed by atoms with van der Waals surface area (Å²) >= 11 is 0. The van der Waals surface area contributed by atoms with Gasteiger partial charge in [-0.05, 0) is 18.6 Å². The Labute approximate surface area is 149 Å². The van der Waals surface area contributed by atoms with Gasteiger partial charge in [0.1, 0.15) is 6.04 Å². The molecule has 1 aromatic carbocycles. The van der Waals surface area contributed by atoms with Gasteiger partial charge >= 0.3 is 0 Å². The van der Waals surface area contributed by atoms with Crippen LogP contribution in [-0.2, 0) is 4.79 Å². The van der Waals surface area contributed by atoms with Gasteiger partial charge in [-0.3, -0.25) is 14.6 Å². The van der Waals surface area contributed by atoms with Gasteiger partial charge in [0.25, 0.3) is 5.91 Å². The van der Waals surface area contributed by atoms with Crippen LogP contribution in [0.25, 0.3) is 10.9 Å². The van der Waals surface area contributed by atoms with E-state index in [-0.39, 0.29) is 5.91 Å². The molecule has 0 unspecified atom stereocenters. The van der Waals surface area contributed by atoms with E-state index in [4.69, 9.17) is 5.73 Å². The lowest BCUT2D eigenvalue weighted by Gasteiger charge is -2.16. The third-order valence-corrected chi connectivity index (χ3v) is 4.39. The third kappa shape index (κ3) is 5.55. The summed E-state index contributed by atoms with van der Waals surface area (Å²) in [7, 11) is 0. The Bertz CT molecular complexity index is 710. The normalized spacial score (nSPS) is 12.0. The first-order valence-electron chi connectivity index (χ1n) is 9.07. The number of nitrogens with one attached hydrogen (secondary N) is 1. The molecule has 0 aliphatic rings. The Morgan fingerprint density at radius 3 is 2.56 bits per heavy atom. The molecule has 2 amide bonds. The van der Waals surface area contributed by atoms with Crippen molar-refractivity contribution >= 4 is 22.7 Å². The van der Waals surface area contributed by atoms with Gasteiger partial charge < -0.3 is 11.1 Å². The maximum Gasteiger partial charge on any atom is 0.252 e. The molecule has 5 nitrogen and oxygen atoms in total. The third-order valence-electron chi connectivity index (χ3n) is 4.39. The SMILES string of the molecule is CCCCCCCC[C@@H](NC(=O)c1ccnc2ccccc12)C(N)=O. The topological polar surface area (TPSA) is 85.1 Å². The van der Waals surface area contributed by atoms with Crippen molar-refractivity contribution in [3.05, 3.63) is 42.1 Å². The second-order valence-electron chi connectivity index (χ2n) is 6.36. The van der Waals surface area contributed by atoms with Crippen LogP contribution in [0.15, 0.2) is 36.5 Å². The molecule has 134 valence electrons. The van der Waals surface area contributed by atoms with Crippen molar-refractivity contribution in [2.24, 2.45) is 5.73 Å². The van der Waals surface area contributed by atoms with Crippen LogP contribution in [0, 0.1) is 0 Å². The quantitative estimate of drug-likeness (QED) is 0.648. The Morgan fingerprint density at radius 1 is 1.08 bits per heavy atom. The highest BCUT2D eigenvalue weighted by atomic mass is 16.2. The predicted molar refractivity (Wildman–Crippen MR) is 100 cm³/mol. The fourth-order valence-electron chi connectivity index (χ4n) is 2.94. The van der Waals surface area contributed by atoms with Gasteiger partial charge in [-0.15, -0.1) is 0 Å². The number of carbonyl (C=O) groups is 2. The summed E-state index contributed by atoms with van der Waals surface area (Å²) in [5.74, 6) is -0.770. The first-order chi connectivity index (χ1) is 12.1. The van der Waals surface area contributed by atoms with Crippen LogP contribution in [0.5, 0.6) is 0 Å². The summed E-state index contributed by atoms with van der Waals surface area (Å²) in [6, 6.07) is 8.48. The molecular weight excluding hydrogens is 314 g/mol. The van der Waals surface area contributed by atoms with E-state index in [0.29, 0.717) is 12.0 Å². The number of nitrogens with zero attached hydrogens (tertiary/aromatic N) is 1. The molecule has 0 saturated heterocycles. The number of unbranched alkanes of at least 4 members (excludes halogenated alkanes) is 5. The van der Waals surface area contributed by atoms with E-state index in [0.717, 1.165) is 30.2 Å². The molecular formula is C20H27N3O2. The average Bonchev–Trinajstić information content (AvgIpc) is 2.62. The van der Waals surface area contributed by atoms with E-state index in [1.165, 1.54) is 19.3 Å². The molecule has 0 aliphatic heterocycles. The first kappa shape index (κ1) is 18.9. The van der Waals surface area contributed by atoms with E-state index >= 15 is 0 Å². The monoisotopic (exact) mass is 341 g/mol. The zero-order valence-electron chi connectivity index (χ0n) is 14.8. The van der Waals surface area contributed by atoms with Crippen LogP contribution in [0.4, 0.5) is 0 Å². The summed E-state index contributed by atoms with van der Waals surface area (Å²) in [6.45, 7) is 2.18. The van der Waals surface area contributed by atoms with E-state index in [1.54, 1.807) is 12.3 Å². The molecule has 0 bridgehead atoms. The molecule has 0 spiro atoms. The van der Waals surface area contributed by atoms with Gasteiger partial charge in [0, 0.05) is 11.6 Å². The van der Waals surface area contributed by atoms with Crippen LogP contribution in [0.3, 0.4) is 0 Å². The van der Waals surface area contributed by atoms with E-state index in [9.17, 15) is 9.59 Å². The van der Waals surface area contributed by atoms with Crippen molar-refractivity contribution in [1.29, 1.82) is 0 Å². The molecule has 3 N–H and O–H groups in total. The summed E-state index contributed by atoms with van der Waals surface area (Å²) in [6.07, 6.45) is 8.94. The lowest BCUT2D eigenvalue weighted by Crippen LogP contribution is -2.44. The molecule has 0 saturated carbocycles. The number of pyridine rings is 1. The van der Waals surface area contributed by atoms with Crippen LogP contribution < -0.4 is 11.1 Å². The Kier molecular flexibility index (Phi) is 7.38. The number of nitrogens with two attached hydrogens (primary N) is 1. The molecule has 0 fully saturated rings. The van der Waals surface area contributed by atoms with Crippen molar-refractivity contribution in [3.8, 4) is 0 Å². The molecule has 25 heavy (non-hydrogen) atoms. The maximum atomic E-state index is 12.6. The number of primary amides is 1. The number of rotatable bonds is 10. The number of benzene rings is 1. The summed E-state index contributed by atoms with van der Waals surface area (Å²) in [5, 5.41) is 3.55. The molecule has 1 heterocycles. The number of carbonyl (C=O) groups excluding carboxylic acids is 2. The number of aromatic nitrogens is 1. The van der Waals surface area contributed by atoms with Crippen LogP contribution in [0.2, 0.25) is 0 Å². The highest BCUT2D eigenvalue weighted by molar-refractivity contribution is 6.07. The Morgan fingerprint density at radius 2 is 1.80 bits per heavy atom. The van der Waals surface area contributed by atoms with Gasteiger partial charge in [0.05, 0.1) is 11.1 Å². The van der Waals surface area contributed by atoms with Crippen LogP contribution in [0.1, 0.15) is 62.2 Å². The second kappa shape index (κ2) is 9.77. The minimum Gasteiger partial charge on any atom is -0.368 e. The van der Waals surface area contributed by atoms with E-state index < -0.39 is 11.9 Å². The van der Waals surface area contributed by atoms with Crippen molar-refractivity contribution < 1.29 is 9.59 Å². The van der Waals surface area contributed by atoms with E-state index in [1.807, 2.05) is 24.3 Å². The summed E-state index contributed by atoms with van der Waals surface area (Å²) in [4.78, 5) is 28.5. The number of amides is 2. The minimum atomic E-state index is -0.634. The number of hydrogen-bond donors (Lipinski definition) is 2. The molecule has 0 aliphatic carbocycles.